The lowest BCUT2D eigenvalue weighted by Crippen LogP contribution is -1.99. The summed E-state index contributed by atoms with van der Waals surface area (Å²) in [5.74, 6) is 0. The molecule has 23 aromatic carbocycles. The molecule has 29 rings (SSSR count). The van der Waals surface area contributed by atoms with Crippen LogP contribution in [0.4, 0.5) is 0 Å². The van der Waals surface area contributed by atoms with Crippen molar-refractivity contribution in [2.75, 3.05) is 0 Å². The lowest BCUT2D eigenvalue weighted by Gasteiger charge is -2.17. The van der Waals surface area contributed by atoms with Crippen LogP contribution >= 0.6 is 0 Å². The monoisotopic (exact) mass is 1750 g/mol. The van der Waals surface area contributed by atoms with Gasteiger partial charge < -0.3 is 18.3 Å². The second-order valence-corrected chi connectivity index (χ2v) is 36.2. The molecule has 0 bridgehead atoms. The van der Waals surface area contributed by atoms with Crippen LogP contribution in [0.25, 0.3) is 275 Å². The first kappa shape index (κ1) is 78.2. The van der Waals surface area contributed by atoms with Gasteiger partial charge in [-0.15, -0.1) is 0 Å². The van der Waals surface area contributed by atoms with Crippen LogP contribution in [0.2, 0.25) is 0 Å². The van der Waals surface area contributed by atoms with Gasteiger partial charge in [-0.25, -0.2) is 19.9 Å². The van der Waals surface area contributed by atoms with Crippen molar-refractivity contribution in [2.24, 2.45) is 0 Å². The van der Waals surface area contributed by atoms with Gasteiger partial charge in [0.25, 0.3) is 0 Å². The molecule has 138 heavy (non-hydrogen) atoms. The van der Waals surface area contributed by atoms with E-state index in [1.54, 1.807) is 0 Å². The summed E-state index contributed by atoms with van der Waals surface area (Å²) in [5, 5.41) is 24.0. The van der Waals surface area contributed by atoms with Crippen molar-refractivity contribution in [1.82, 2.24) is 38.2 Å². The summed E-state index contributed by atoms with van der Waals surface area (Å²) in [5.41, 5.74) is 31.8. The molecule has 0 radical (unpaired) electrons. The van der Waals surface area contributed by atoms with E-state index >= 15 is 0 Å². The smallest absolute Gasteiger partial charge is 0.0979 e. The van der Waals surface area contributed by atoms with Crippen molar-refractivity contribution < 1.29 is 0 Å². The first-order valence-corrected chi connectivity index (χ1v) is 47.2. The SMILES string of the molecule is c1ccc(-c2cc(-c3ccccc3)cc(-c3nc4ccccc4nc3-c3cccc4c(-n5c6cc7ccccc7cc6c6c(-n7c8ccccc8c8ccc9ccccc9c87)cccc65)cccc34)c2)cc1.c1ccc(-c2ccc(-c3nc4ccccc4nc3-c3cccc4c(-n5c6cc7ccccc7cc6c6c(-n7c8ccccc8c8ccc9ccccc9c87)cccc65)cccc34)cc2)cc1. The molecule has 0 N–H and O–H groups in total. The van der Waals surface area contributed by atoms with E-state index in [1.807, 2.05) is 24.3 Å². The molecule has 0 unspecified atom stereocenters. The Labute approximate surface area is 793 Å². The fourth-order valence-electron chi connectivity index (χ4n) is 22.3. The molecule has 0 amide bonds. The van der Waals surface area contributed by atoms with Crippen LogP contribution in [0.1, 0.15) is 0 Å². The fourth-order valence-corrected chi connectivity index (χ4v) is 22.3. The summed E-state index contributed by atoms with van der Waals surface area (Å²) < 4.78 is 10.0. The van der Waals surface area contributed by atoms with Gasteiger partial charge in [-0.3, -0.25) is 0 Å². The summed E-state index contributed by atoms with van der Waals surface area (Å²) in [6.07, 6.45) is 0. The fraction of sp³-hybridized carbons (Fsp3) is 0. The Morgan fingerprint density at radius 1 is 0.138 bits per heavy atom. The predicted molar refractivity (Wildman–Crippen MR) is 580 cm³/mol. The number of aromatic nitrogens is 8. The average molecular weight is 1750 g/mol. The predicted octanol–water partition coefficient (Wildman–Crippen LogP) is 34.2. The van der Waals surface area contributed by atoms with Gasteiger partial charge in [0, 0.05) is 86.9 Å². The zero-order valence-corrected chi connectivity index (χ0v) is 74.8. The number of para-hydroxylation sites is 6. The highest BCUT2D eigenvalue weighted by atomic mass is 15.0. The highest BCUT2D eigenvalue weighted by molar-refractivity contribution is 6.26. The van der Waals surface area contributed by atoms with Gasteiger partial charge in [0.1, 0.15) is 0 Å². The van der Waals surface area contributed by atoms with Crippen molar-refractivity contribution in [3.05, 3.63) is 485 Å². The normalized spacial score (nSPS) is 11.9. The van der Waals surface area contributed by atoms with E-state index in [9.17, 15) is 0 Å². The Bertz CT molecular complexity index is 10000. The third-order valence-electron chi connectivity index (χ3n) is 28.5. The molecule has 0 spiro atoms. The zero-order chi connectivity index (χ0) is 90.6. The van der Waals surface area contributed by atoms with Crippen molar-refractivity contribution in [1.29, 1.82) is 0 Å². The first-order valence-electron chi connectivity index (χ1n) is 47.2. The van der Waals surface area contributed by atoms with Crippen molar-refractivity contribution >= 4 is 174 Å². The highest BCUT2D eigenvalue weighted by Crippen LogP contribution is 2.50. The summed E-state index contributed by atoms with van der Waals surface area (Å²) in [6.45, 7) is 0. The summed E-state index contributed by atoms with van der Waals surface area (Å²) in [6, 6.07) is 176. The maximum atomic E-state index is 5.54. The van der Waals surface area contributed by atoms with Crippen LogP contribution in [0, 0.1) is 0 Å². The van der Waals surface area contributed by atoms with Crippen molar-refractivity contribution in [3.8, 4) is 101 Å². The number of fused-ring (bicyclic) bond motifs is 22. The molecule has 8 heteroatoms. The standard InChI is InChI=1S/C68H42N4.C62H38N4/c1-3-18-43(19-4-1)48-38-49(44-20-5-2-6-21-44)40-50(39-48)66-67(70-59-31-13-12-30-58(59)69-66)55-29-15-28-53-52(55)27-16-33-60(53)71-62-34-17-35-63(65(62)57-41-46-23-7-8-24-47(46)42-64(57)71)72-61-32-14-11-26-54(61)56-37-36-45-22-9-10-25-51(45)68(56)72;1-2-15-39(16-3-1)40-31-33-42(34-32-40)60-61(64-53-26-10-9-25-52(53)63-60)49-24-12-23-47-46(49)22-13-28-54(47)65-56-29-14-30-57(59(56)51-37-43-18-4-5-19-44(43)38-58(51)65)66-55-27-11-8-21-48(55)50-36-35-41-17-6-7-20-45(41)62(50)66/h1-42H;1-38H. The van der Waals surface area contributed by atoms with Gasteiger partial charge >= 0.3 is 0 Å². The Morgan fingerprint density at radius 3 is 0.884 bits per heavy atom. The Morgan fingerprint density at radius 2 is 0.442 bits per heavy atom. The van der Waals surface area contributed by atoms with Gasteiger partial charge in [0.2, 0.25) is 0 Å². The number of benzene rings is 23. The molecule has 0 atom stereocenters. The summed E-state index contributed by atoms with van der Waals surface area (Å²) in [4.78, 5) is 21.8. The van der Waals surface area contributed by atoms with E-state index in [4.69, 9.17) is 19.9 Å². The molecule has 6 aromatic heterocycles. The minimum absolute atomic E-state index is 0.841. The van der Waals surface area contributed by atoms with Crippen LogP contribution < -0.4 is 0 Å². The molecule has 29 aromatic rings. The Kier molecular flexibility index (Phi) is 17.9. The van der Waals surface area contributed by atoms with Crippen LogP contribution in [0.15, 0.2) is 485 Å². The van der Waals surface area contributed by atoms with Gasteiger partial charge in [-0.1, -0.05) is 370 Å². The van der Waals surface area contributed by atoms with E-state index < -0.39 is 0 Å². The topological polar surface area (TPSA) is 71.3 Å². The van der Waals surface area contributed by atoms with E-state index in [2.05, 4.69) is 479 Å². The molecular weight excluding hydrogens is 1670 g/mol. The Hall–Kier alpha value is -18.5. The number of hydrogen-bond acceptors (Lipinski definition) is 4. The van der Waals surface area contributed by atoms with Crippen LogP contribution in [-0.2, 0) is 0 Å². The quantitative estimate of drug-likeness (QED) is 0.129. The van der Waals surface area contributed by atoms with Gasteiger partial charge in [0.05, 0.1) is 112 Å². The highest BCUT2D eigenvalue weighted by Gasteiger charge is 2.28. The molecule has 640 valence electrons. The molecule has 0 saturated carbocycles. The molecule has 0 aliphatic heterocycles. The molecule has 6 heterocycles. The first-order chi connectivity index (χ1) is 68.5. The van der Waals surface area contributed by atoms with E-state index in [0.717, 1.165) is 161 Å². The maximum Gasteiger partial charge on any atom is 0.0979 e. The summed E-state index contributed by atoms with van der Waals surface area (Å²) in [7, 11) is 0. The molecular formula is C130H80N8. The number of hydrogen-bond donors (Lipinski definition) is 0. The number of nitrogens with zero attached hydrogens (tertiary/aromatic N) is 8. The maximum absolute atomic E-state index is 5.54. The molecule has 0 aliphatic carbocycles. The van der Waals surface area contributed by atoms with Gasteiger partial charge in [-0.05, 0) is 192 Å². The lowest BCUT2D eigenvalue weighted by molar-refractivity contribution is 1.18. The minimum Gasteiger partial charge on any atom is -0.309 e. The largest absolute Gasteiger partial charge is 0.309 e. The van der Waals surface area contributed by atoms with E-state index in [0.29, 0.717) is 0 Å². The third-order valence-corrected chi connectivity index (χ3v) is 28.5. The molecule has 0 aliphatic rings. The van der Waals surface area contributed by atoms with Crippen molar-refractivity contribution in [2.45, 2.75) is 0 Å². The van der Waals surface area contributed by atoms with Crippen LogP contribution in [0.3, 0.4) is 0 Å². The second kappa shape index (κ2) is 31.6. The van der Waals surface area contributed by atoms with E-state index in [-0.39, 0.29) is 0 Å². The second-order valence-electron chi connectivity index (χ2n) is 36.2. The minimum atomic E-state index is 0.841. The van der Waals surface area contributed by atoms with Gasteiger partial charge in [-0.2, -0.15) is 0 Å². The third kappa shape index (κ3) is 12.5. The molecule has 8 nitrogen and oxygen atoms in total. The lowest BCUT2D eigenvalue weighted by atomic mass is 9.92. The van der Waals surface area contributed by atoms with E-state index in [1.165, 1.54) is 114 Å². The van der Waals surface area contributed by atoms with Crippen LogP contribution in [-0.4, -0.2) is 38.2 Å². The molecule has 0 fully saturated rings. The summed E-state index contributed by atoms with van der Waals surface area (Å²) >= 11 is 0. The Balaban J connectivity index is 0.000000137. The van der Waals surface area contributed by atoms with Crippen molar-refractivity contribution in [3.63, 3.8) is 0 Å². The van der Waals surface area contributed by atoms with Crippen LogP contribution in [0.5, 0.6) is 0 Å². The molecule has 0 saturated heterocycles. The van der Waals surface area contributed by atoms with Gasteiger partial charge in [0.15, 0.2) is 0 Å². The number of rotatable bonds is 11. The average Bonchev–Trinajstić information content (AvgIpc) is 1.55. The zero-order valence-electron chi connectivity index (χ0n) is 74.8.